The summed E-state index contributed by atoms with van der Waals surface area (Å²) in [7, 11) is 0. The van der Waals surface area contributed by atoms with Crippen LogP contribution >= 0.6 is 0 Å². The lowest BCUT2D eigenvalue weighted by atomic mass is 10.0. The van der Waals surface area contributed by atoms with Crippen molar-refractivity contribution in [2.24, 2.45) is 0 Å². The molecule has 104 valence electrons. The Hall–Kier alpha value is -2.09. The van der Waals surface area contributed by atoms with Gasteiger partial charge >= 0.3 is 5.97 Å². The first kappa shape index (κ1) is 14.3. The molecule has 0 aliphatic heterocycles. The highest BCUT2D eigenvalue weighted by atomic mass is 16.5. The summed E-state index contributed by atoms with van der Waals surface area (Å²) in [6, 6.07) is 18.7. The fraction of sp³-hybridized carbons (Fsp3) is 0.278. The fourth-order valence-corrected chi connectivity index (χ4v) is 2.19. The maximum absolute atomic E-state index is 11.3. The van der Waals surface area contributed by atoms with Crippen LogP contribution < -0.4 is 0 Å². The van der Waals surface area contributed by atoms with Crippen molar-refractivity contribution in [3.05, 3.63) is 60.2 Å². The highest BCUT2D eigenvalue weighted by molar-refractivity contribution is 5.69. The van der Waals surface area contributed by atoms with Crippen LogP contribution in [0.15, 0.2) is 54.6 Å². The summed E-state index contributed by atoms with van der Waals surface area (Å²) < 4.78 is 5.31. The van der Waals surface area contributed by atoms with E-state index in [4.69, 9.17) is 4.74 Å². The minimum atomic E-state index is -0.142. The monoisotopic (exact) mass is 268 g/mol. The van der Waals surface area contributed by atoms with Gasteiger partial charge in [0.15, 0.2) is 0 Å². The number of benzene rings is 2. The van der Waals surface area contributed by atoms with E-state index in [1.165, 1.54) is 16.7 Å². The van der Waals surface area contributed by atoms with E-state index in [9.17, 15) is 4.79 Å². The summed E-state index contributed by atoms with van der Waals surface area (Å²) in [4.78, 5) is 11.3. The van der Waals surface area contributed by atoms with Crippen molar-refractivity contribution in [1.29, 1.82) is 0 Å². The zero-order valence-electron chi connectivity index (χ0n) is 12.0. The van der Waals surface area contributed by atoms with Crippen molar-refractivity contribution in [3.63, 3.8) is 0 Å². The molecule has 0 saturated carbocycles. The van der Waals surface area contributed by atoms with Crippen molar-refractivity contribution in [3.8, 4) is 11.1 Å². The zero-order chi connectivity index (χ0) is 14.4. The van der Waals surface area contributed by atoms with Gasteiger partial charge in [-0.1, -0.05) is 61.5 Å². The van der Waals surface area contributed by atoms with Crippen molar-refractivity contribution in [2.75, 3.05) is 0 Å². The number of hydrogen-bond donors (Lipinski definition) is 0. The maximum atomic E-state index is 11.3. The van der Waals surface area contributed by atoms with E-state index in [1.54, 1.807) is 0 Å². The molecule has 0 N–H and O–H groups in total. The second-order valence-corrected chi connectivity index (χ2v) is 4.92. The SMILES string of the molecule is CCC(=O)OC(C)Cc1cccc(-c2ccccc2)c1. The van der Waals surface area contributed by atoms with Gasteiger partial charge in [-0.2, -0.15) is 0 Å². The molecule has 1 atom stereocenters. The molecule has 0 spiro atoms. The Kier molecular flexibility index (Phi) is 4.94. The van der Waals surface area contributed by atoms with Crippen LogP contribution in [0.3, 0.4) is 0 Å². The van der Waals surface area contributed by atoms with Crippen molar-refractivity contribution < 1.29 is 9.53 Å². The van der Waals surface area contributed by atoms with Gasteiger partial charge in [-0.3, -0.25) is 4.79 Å². The summed E-state index contributed by atoms with van der Waals surface area (Å²) in [5.74, 6) is -0.142. The molecule has 0 bridgehead atoms. The molecule has 2 aromatic rings. The Morgan fingerprint density at radius 1 is 1.05 bits per heavy atom. The molecule has 2 rings (SSSR count). The van der Waals surface area contributed by atoms with Gasteiger partial charge in [0.25, 0.3) is 0 Å². The lowest BCUT2D eigenvalue weighted by Crippen LogP contribution is -2.16. The highest BCUT2D eigenvalue weighted by Crippen LogP contribution is 2.21. The molecule has 1 unspecified atom stereocenters. The molecule has 0 heterocycles. The molecule has 0 aromatic heterocycles. The summed E-state index contributed by atoms with van der Waals surface area (Å²) in [6.45, 7) is 3.74. The summed E-state index contributed by atoms with van der Waals surface area (Å²) in [6.07, 6.45) is 1.08. The summed E-state index contributed by atoms with van der Waals surface area (Å²) in [5, 5.41) is 0. The first-order chi connectivity index (χ1) is 9.69. The number of carbonyl (C=O) groups is 1. The minimum absolute atomic E-state index is 0.0894. The Balaban J connectivity index is 2.09. The lowest BCUT2D eigenvalue weighted by Gasteiger charge is -2.13. The standard InChI is InChI=1S/C18H20O2/c1-3-18(19)20-14(2)12-15-8-7-11-17(13-15)16-9-5-4-6-10-16/h4-11,13-14H,3,12H2,1-2H3. The molecule has 0 aliphatic rings. The Labute approximate surface area is 120 Å². The molecule has 2 heteroatoms. The Bertz CT molecular complexity index is 561. The van der Waals surface area contributed by atoms with E-state index in [1.807, 2.05) is 38.1 Å². The largest absolute Gasteiger partial charge is 0.462 e. The van der Waals surface area contributed by atoms with Crippen LogP contribution in [0.25, 0.3) is 11.1 Å². The quantitative estimate of drug-likeness (QED) is 0.758. The third kappa shape index (κ3) is 3.95. The Morgan fingerprint density at radius 2 is 1.75 bits per heavy atom. The van der Waals surface area contributed by atoms with Gasteiger partial charge in [-0.05, 0) is 23.6 Å². The third-order valence-electron chi connectivity index (χ3n) is 3.18. The molecule has 0 aliphatic carbocycles. The number of carbonyl (C=O) groups excluding carboxylic acids is 1. The van der Waals surface area contributed by atoms with E-state index in [-0.39, 0.29) is 12.1 Å². The predicted octanol–water partition coefficient (Wildman–Crippen LogP) is 4.24. The van der Waals surface area contributed by atoms with Gasteiger partial charge in [0.1, 0.15) is 6.10 Å². The number of hydrogen-bond acceptors (Lipinski definition) is 2. The number of ether oxygens (including phenoxy) is 1. The average Bonchev–Trinajstić information content (AvgIpc) is 2.48. The van der Waals surface area contributed by atoms with Gasteiger partial charge in [-0.15, -0.1) is 0 Å². The lowest BCUT2D eigenvalue weighted by molar-refractivity contribution is -0.147. The molecule has 0 fully saturated rings. The van der Waals surface area contributed by atoms with Crippen LogP contribution in [0.4, 0.5) is 0 Å². The first-order valence-electron chi connectivity index (χ1n) is 7.03. The van der Waals surface area contributed by atoms with Crippen molar-refractivity contribution in [1.82, 2.24) is 0 Å². The molecule has 0 radical (unpaired) electrons. The van der Waals surface area contributed by atoms with E-state index in [0.717, 1.165) is 6.42 Å². The van der Waals surface area contributed by atoms with E-state index >= 15 is 0 Å². The molecule has 2 aromatic carbocycles. The second kappa shape index (κ2) is 6.90. The number of esters is 1. The molecule has 2 nitrogen and oxygen atoms in total. The average molecular weight is 268 g/mol. The Morgan fingerprint density at radius 3 is 2.45 bits per heavy atom. The fourth-order valence-electron chi connectivity index (χ4n) is 2.19. The van der Waals surface area contributed by atoms with Crippen LogP contribution in [0.1, 0.15) is 25.8 Å². The van der Waals surface area contributed by atoms with E-state index < -0.39 is 0 Å². The maximum Gasteiger partial charge on any atom is 0.305 e. The number of rotatable bonds is 5. The molecular formula is C18H20O2. The van der Waals surface area contributed by atoms with Gasteiger partial charge in [0.05, 0.1) is 0 Å². The van der Waals surface area contributed by atoms with Crippen LogP contribution in [-0.2, 0) is 16.0 Å². The first-order valence-corrected chi connectivity index (χ1v) is 7.03. The molecule has 20 heavy (non-hydrogen) atoms. The third-order valence-corrected chi connectivity index (χ3v) is 3.18. The molecule has 0 saturated heterocycles. The van der Waals surface area contributed by atoms with Crippen LogP contribution in [0.2, 0.25) is 0 Å². The predicted molar refractivity (Wildman–Crippen MR) is 81.4 cm³/mol. The smallest absolute Gasteiger partial charge is 0.305 e. The van der Waals surface area contributed by atoms with E-state index in [0.29, 0.717) is 6.42 Å². The van der Waals surface area contributed by atoms with Crippen LogP contribution in [0, 0.1) is 0 Å². The normalized spacial score (nSPS) is 11.9. The van der Waals surface area contributed by atoms with Gasteiger partial charge in [0, 0.05) is 12.8 Å². The van der Waals surface area contributed by atoms with Crippen molar-refractivity contribution in [2.45, 2.75) is 32.8 Å². The summed E-state index contributed by atoms with van der Waals surface area (Å²) in [5.41, 5.74) is 3.58. The van der Waals surface area contributed by atoms with Gasteiger partial charge < -0.3 is 4.74 Å². The molecular weight excluding hydrogens is 248 g/mol. The van der Waals surface area contributed by atoms with Crippen LogP contribution in [0.5, 0.6) is 0 Å². The van der Waals surface area contributed by atoms with E-state index in [2.05, 4.69) is 30.3 Å². The highest BCUT2D eigenvalue weighted by Gasteiger charge is 2.09. The topological polar surface area (TPSA) is 26.3 Å². The summed E-state index contributed by atoms with van der Waals surface area (Å²) >= 11 is 0. The van der Waals surface area contributed by atoms with Gasteiger partial charge in [-0.25, -0.2) is 0 Å². The zero-order valence-corrected chi connectivity index (χ0v) is 12.0. The van der Waals surface area contributed by atoms with Crippen molar-refractivity contribution >= 4 is 5.97 Å². The van der Waals surface area contributed by atoms with Crippen LogP contribution in [-0.4, -0.2) is 12.1 Å². The van der Waals surface area contributed by atoms with Gasteiger partial charge in [0.2, 0.25) is 0 Å². The second-order valence-electron chi connectivity index (χ2n) is 4.92. The minimum Gasteiger partial charge on any atom is -0.462 e. The molecule has 0 amide bonds.